The van der Waals surface area contributed by atoms with E-state index >= 15 is 0 Å². The molecule has 0 bridgehead atoms. The van der Waals surface area contributed by atoms with Crippen molar-refractivity contribution in [3.63, 3.8) is 0 Å². The summed E-state index contributed by atoms with van der Waals surface area (Å²) in [6, 6.07) is 2.74. The van der Waals surface area contributed by atoms with Crippen molar-refractivity contribution in [2.45, 2.75) is 18.5 Å². The maximum Gasteiger partial charge on any atom is 0.419 e. The third kappa shape index (κ3) is 2.38. The van der Waals surface area contributed by atoms with Crippen LogP contribution in [-0.2, 0) is 6.18 Å². The standard InChI is InChI=1S/C9H7ClF4/c1-5(10)6-2-3-8(11)7(4-6)9(12,13)14/h2-5H,1H3. The summed E-state index contributed by atoms with van der Waals surface area (Å²) in [5.41, 5.74) is -1.03. The smallest absolute Gasteiger partial charge is 0.206 e. The molecular weight excluding hydrogens is 220 g/mol. The maximum absolute atomic E-state index is 12.8. The van der Waals surface area contributed by atoms with Crippen LogP contribution in [0.2, 0.25) is 0 Å². The second-order valence-corrected chi connectivity index (χ2v) is 3.51. The van der Waals surface area contributed by atoms with Crippen molar-refractivity contribution in [3.05, 3.63) is 35.1 Å². The van der Waals surface area contributed by atoms with E-state index in [1.807, 2.05) is 0 Å². The Hall–Kier alpha value is -0.770. The van der Waals surface area contributed by atoms with E-state index in [1.54, 1.807) is 0 Å². The Labute approximate surface area is 83.5 Å². The summed E-state index contributed by atoms with van der Waals surface area (Å²) >= 11 is 5.59. The monoisotopic (exact) mass is 226 g/mol. The molecule has 0 aliphatic carbocycles. The van der Waals surface area contributed by atoms with Crippen LogP contribution in [0.1, 0.15) is 23.4 Å². The first kappa shape index (κ1) is 11.3. The summed E-state index contributed by atoms with van der Waals surface area (Å²) in [5.74, 6) is -1.28. The first-order chi connectivity index (χ1) is 6.32. The topological polar surface area (TPSA) is 0 Å². The zero-order valence-electron chi connectivity index (χ0n) is 7.20. The minimum Gasteiger partial charge on any atom is -0.206 e. The average Bonchev–Trinajstić information content (AvgIpc) is 2.02. The average molecular weight is 227 g/mol. The van der Waals surface area contributed by atoms with Crippen LogP contribution >= 0.6 is 11.6 Å². The van der Waals surface area contributed by atoms with Gasteiger partial charge in [-0.25, -0.2) is 4.39 Å². The summed E-state index contributed by atoms with van der Waals surface area (Å²) in [6.07, 6.45) is -4.67. The van der Waals surface area contributed by atoms with Crippen molar-refractivity contribution in [1.82, 2.24) is 0 Å². The molecule has 0 aromatic heterocycles. The van der Waals surface area contributed by atoms with E-state index in [2.05, 4.69) is 0 Å². The van der Waals surface area contributed by atoms with Gasteiger partial charge in [-0.1, -0.05) is 6.07 Å². The van der Waals surface area contributed by atoms with Crippen LogP contribution in [0.25, 0.3) is 0 Å². The minimum absolute atomic E-state index is 0.250. The fraction of sp³-hybridized carbons (Fsp3) is 0.333. The molecule has 14 heavy (non-hydrogen) atoms. The van der Waals surface area contributed by atoms with E-state index in [0.29, 0.717) is 0 Å². The van der Waals surface area contributed by atoms with Crippen LogP contribution in [0.5, 0.6) is 0 Å². The Morgan fingerprint density at radius 2 is 1.86 bits per heavy atom. The Bertz CT molecular complexity index is 330. The summed E-state index contributed by atoms with van der Waals surface area (Å²) in [7, 11) is 0. The van der Waals surface area contributed by atoms with Gasteiger partial charge in [-0.05, 0) is 24.6 Å². The van der Waals surface area contributed by atoms with Gasteiger partial charge in [0.15, 0.2) is 0 Å². The Kier molecular flexibility index (Phi) is 3.04. The summed E-state index contributed by atoms with van der Waals surface area (Å²) < 4.78 is 49.4. The predicted octanol–water partition coefficient (Wildman–Crippen LogP) is 4.14. The van der Waals surface area contributed by atoms with Gasteiger partial charge in [0.05, 0.1) is 10.9 Å². The van der Waals surface area contributed by atoms with Crippen molar-refractivity contribution in [2.24, 2.45) is 0 Å². The van der Waals surface area contributed by atoms with Crippen LogP contribution in [0.4, 0.5) is 17.6 Å². The number of rotatable bonds is 1. The molecule has 0 nitrogen and oxygen atoms in total. The van der Waals surface area contributed by atoms with Crippen LogP contribution < -0.4 is 0 Å². The van der Waals surface area contributed by atoms with Crippen LogP contribution in [-0.4, -0.2) is 0 Å². The van der Waals surface area contributed by atoms with Gasteiger partial charge in [0, 0.05) is 0 Å². The number of benzene rings is 1. The summed E-state index contributed by atoms with van der Waals surface area (Å²) in [5, 5.41) is -0.572. The Morgan fingerprint density at radius 1 is 1.29 bits per heavy atom. The normalized spacial score (nSPS) is 14.1. The molecule has 0 amide bonds. The van der Waals surface area contributed by atoms with Gasteiger partial charge in [-0.3, -0.25) is 0 Å². The number of hydrogen-bond acceptors (Lipinski definition) is 0. The molecule has 0 radical (unpaired) electrons. The highest BCUT2D eigenvalue weighted by Gasteiger charge is 2.34. The lowest BCUT2D eigenvalue weighted by Gasteiger charge is -2.10. The quantitative estimate of drug-likeness (QED) is 0.499. The lowest BCUT2D eigenvalue weighted by Crippen LogP contribution is -2.08. The van der Waals surface area contributed by atoms with Gasteiger partial charge >= 0.3 is 6.18 Å². The number of halogens is 5. The highest BCUT2D eigenvalue weighted by molar-refractivity contribution is 6.20. The minimum atomic E-state index is -4.67. The number of hydrogen-bond donors (Lipinski definition) is 0. The molecule has 1 rings (SSSR count). The van der Waals surface area contributed by atoms with Gasteiger partial charge in [0.2, 0.25) is 0 Å². The molecule has 0 saturated carbocycles. The van der Waals surface area contributed by atoms with E-state index in [9.17, 15) is 17.6 Å². The Morgan fingerprint density at radius 3 is 2.29 bits per heavy atom. The molecule has 1 atom stereocenters. The van der Waals surface area contributed by atoms with Gasteiger partial charge in [-0.15, -0.1) is 11.6 Å². The highest BCUT2D eigenvalue weighted by atomic mass is 35.5. The highest BCUT2D eigenvalue weighted by Crippen LogP contribution is 2.33. The summed E-state index contributed by atoms with van der Waals surface area (Å²) in [4.78, 5) is 0. The van der Waals surface area contributed by atoms with Crippen LogP contribution in [0.15, 0.2) is 18.2 Å². The maximum atomic E-state index is 12.8. The van der Waals surface area contributed by atoms with Gasteiger partial charge in [0.1, 0.15) is 5.82 Å². The molecular formula is C9H7ClF4. The third-order valence-electron chi connectivity index (χ3n) is 1.76. The molecule has 0 spiro atoms. The van der Waals surface area contributed by atoms with Crippen molar-refractivity contribution < 1.29 is 17.6 Å². The fourth-order valence-electron chi connectivity index (χ4n) is 1.01. The van der Waals surface area contributed by atoms with Crippen molar-refractivity contribution in [1.29, 1.82) is 0 Å². The first-order valence-corrected chi connectivity index (χ1v) is 4.26. The van der Waals surface area contributed by atoms with E-state index in [1.165, 1.54) is 13.0 Å². The van der Waals surface area contributed by atoms with Gasteiger partial charge in [-0.2, -0.15) is 13.2 Å². The molecule has 1 aromatic rings. The second kappa shape index (κ2) is 3.77. The molecule has 5 heteroatoms. The molecule has 1 aromatic carbocycles. The second-order valence-electron chi connectivity index (χ2n) is 2.85. The molecule has 0 heterocycles. The van der Waals surface area contributed by atoms with E-state index in [0.717, 1.165) is 12.1 Å². The predicted molar refractivity (Wildman–Crippen MR) is 45.7 cm³/mol. The molecule has 0 aliphatic rings. The molecule has 0 fully saturated rings. The van der Waals surface area contributed by atoms with E-state index in [4.69, 9.17) is 11.6 Å². The molecule has 0 saturated heterocycles. The lowest BCUT2D eigenvalue weighted by molar-refractivity contribution is -0.140. The zero-order valence-corrected chi connectivity index (χ0v) is 7.96. The third-order valence-corrected chi connectivity index (χ3v) is 2.01. The largest absolute Gasteiger partial charge is 0.419 e. The first-order valence-electron chi connectivity index (χ1n) is 3.83. The van der Waals surface area contributed by atoms with Crippen molar-refractivity contribution >= 4 is 11.6 Å². The number of alkyl halides is 4. The van der Waals surface area contributed by atoms with E-state index < -0.39 is 22.9 Å². The molecule has 78 valence electrons. The Balaban J connectivity index is 3.22. The summed E-state index contributed by atoms with van der Waals surface area (Å²) in [6.45, 7) is 1.52. The van der Waals surface area contributed by atoms with Crippen LogP contribution in [0.3, 0.4) is 0 Å². The van der Waals surface area contributed by atoms with Gasteiger partial charge in [0.25, 0.3) is 0 Å². The van der Waals surface area contributed by atoms with E-state index in [-0.39, 0.29) is 5.56 Å². The molecule has 0 aliphatic heterocycles. The van der Waals surface area contributed by atoms with Gasteiger partial charge < -0.3 is 0 Å². The van der Waals surface area contributed by atoms with Crippen molar-refractivity contribution in [3.8, 4) is 0 Å². The SMILES string of the molecule is CC(Cl)c1ccc(F)c(C(F)(F)F)c1. The van der Waals surface area contributed by atoms with Crippen molar-refractivity contribution in [2.75, 3.05) is 0 Å². The molecule has 1 unspecified atom stereocenters. The van der Waals surface area contributed by atoms with Crippen LogP contribution in [0, 0.1) is 5.82 Å². The lowest BCUT2D eigenvalue weighted by atomic mass is 10.1. The zero-order chi connectivity index (χ0) is 10.9. The molecule has 0 N–H and O–H groups in total. The fourth-order valence-corrected chi connectivity index (χ4v) is 1.14.